The lowest BCUT2D eigenvalue weighted by Gasteiger charge is -2.12. The highest BCUT2D eigenvalue weighted by molar-refractivity contribution is 14.1. The summed E-state index contributed by atoms with van der Waals surface area (Å²) in [5.74, 6) is -0.787. The van der Waals surface area contributed by atoms with Crippen molar-refractivity contribution in [3.05, 3.63) is 21.0 Å². The van der Waals surface area contributed by atoms with Crippen LogP contribution in [0.25, 0.3) is 0 Å². The molecule has 0 fully saturated rings. The summed E-state index contributed by atoms with van der Waals surface area (Å²) in [4.78, 5) is 13.6. The second kappa shape index (κ2) is 5.10. The normalized spacial score (nSPS) is 11.7. The highest BCUT2D eigenvalue weighted by Crippen LogP contribution is 2.32. The summed E-state index contributed by atoms with van der Waals surface area (Å²) in [6, 6.07) is 0. The molecule has 1 aromatic heterocycles. The highest BCUT2D eigenvalue weighted by Gasteiger charge is 2.33. The van der Waals surface area contributed by atoms with E-state index in [0.717, 1.165) is 0 Å². The van der Waals surface area contributed by atoms with Crippen molar-refractivity contribution in [1.82, 2.24) is 4.98 Å². The van der Waals surface area contributed by atoms with Gasteiger partial charge in [-0.15, -0.1) is 13.2 Å². The molecular weight excluding hydrogens is 364 g/mol. The zero-order chi connectivity index (χ0) is 13.2. The average Bonchev–Trinajstić information content (AvgIpc) is 2.18. The summed E-state index contributed by atoms with van der Waals surface area (Å²) in [5.41, 5.74) is -1.48. The van der Waals surface area contributed by atoms with Gasteiger partial charge in [-0.05, 0) is 22.6 Å². The molecule has 17 heavy (non-hydrogen) atoms. The molecule has 1 rings (SSSR count). The molecule has 0 saturated heterocycles. The smallest absolute Gasteiger partial charge is 0.403 e. The van der Waals surface area contributed by atoms with Crippen LogP contribution in [-0.2, 0) is 0 Å². The molecule has 0 spiro atoms. The van der Waals surface area contributed by atoms with E-state index in [2.05, 4.69) is 9.72 Å². The molecule has 0 atom stereocenters. The average molecular weight is 367 g/mol. The highest BCUT2D eigenvalue weighted by atomic mass is 127. The van der Waals surface area contributed by atoms with E-state index < -0.39 is 29.8 Å². The zero-order valence-corrected chi connectivity index (χ0v) is 9.92. The van der Waals surface area contributed by atoms with Crippen LogP contribution in [0, 0.1) is 3.57 Å². The van der Waals surface area contributed by atoms with Crippen LogP contribution in [-0.4, -0.2) is 17.6 Å². The molecule has 0 unspecified atom stereocenters. The molecule has 0 amide bonds. The van der Waals surface area contributed by atoms with Crippen molar-refractivity contribution in [2.75, 3.05) is 0 Å². The van der Waals surface area contributed by atoms with E-state index in [-0.39, 0.29) is 9.86 Å². The Kier molecular flexibility index (Phi) is 4.22. The van der Waals surface area contributed by atoms with Gasteiger partial charge < -0.3 is 4.74 Å². The lowest BCUT2D eigenvalue weighted by atomic mass is 10.2. The SMILES string of the molecule is O=Cc1c(C(F)F)ncc(OC(F)(F)F)c1I. The van der Waals surface area contributed by atoms with Crippen LogP contribution in [0.4, 0.5) is 22.0 Å². The Morgan fingerprint density at radius 2 is 2.00 bits per heavy atom. The topological polar surface area (TPSA) is 39.2 Å². The van der Waals surface area contributed by atoms with Crippen molar-refractivity contribution in [2.24, 2.45) is 0 Å². The van der Waals surface area contributed by atoms with Crippen LogP contribution in [0.15, 0.2) is 6.20 Å². The number of pyridine rings is 1. The summed E-state index contributed by atoms with van der Waals surface area (Å²) < 4.78 is 63.7. The van der Waals surface area contributed by atoms with Crippen LogP contribution in [0.3, 0.4) is 0 Å². The maximum absolute atomic E-state index is 12.4. The van der Waals surface area contributed by atoms with Crippen LogP contribution in [0.2, 0.25) is 0 Å². The second-order valence-corrected chi connectivity index (χ2v) is 3.78. The van der Waals surface area contributed by atoms with Gasteiger partial charge in [0.15, 0.2) is 12.0 Å². The molecule has 9 heteroatoms. The molecule has 94 valence electrons. The third kappa shape index (κ3) is 3.48. The van der Waals surface area contributed by atoms with Crippen LogP contribution < -0.4 is 4.74 Å². The number of rotatable bonds is 3. The number of aromatic nitrogens is 1. The molecule has 1 heterocycles. The predicted octanol–water partition coefficient (Wildman–Crippen LogP) is 3.33. The predicted molar refractivity (Wildman–Crippen MR) is 54.0 cm³/mol. The minimum absolute atomic E-state index is 0.0134. The van der Waals surface area contributed by atoms with Gasteiger partial charge in [-0.25, -0.2) is 8.78 Å². The fraction of sp³-hybridized carbons (Fsp3) is 0.250. The van der Waals surface area contributed by atoms with Crippen molar-refractivity contribution in [3.8, 4) is 5.75 Å². The summed E-state index contributed by atoms with van der Waals surface area (Å²) in [5, 5.41) is 0. The largest absolute Gasteiger partial charge is 0.573 e. The lowest BCUT2D eigenvalue weighted by molar-refractivity contribution is -0.275. The van der Waals surface area contributed by atoms with Gasteiger partial charge in [-0.1, -0.05) is 0 Å². The number of carbonyl (C=O) groups excluding carboxylic acids is 1. The summed E-state index contributed by atoms with van der Waals surface area (Å²) in [6.45, 7) is 0. The number of hydrogen-bond acceptors (Lipinski definition) is 3. The molecule has 0 aliphatic heterocycles. The second-order valence-electron chi connectivity index (χ2n) is 2.70. The summed E-state index contributed by atoms with van der Waals surface area (Å²) in [7, 11) is 0. The van der Waals surface area contributed by atoms with Crippen molar-refractivity contribution in [2.45, 2.75) is 12.8 Å². The number of halogens is 6. The molecule has 1 aromatic rings. The van der Waals surface area contributed by atoms with Gasteiger partial charge in [0.05, 0.1) is 15.3 Å². The molecule has 0 N–H and O–H groups in total. The monoisotopic (exact) mass is 367 g/mol. The van der Waals surface area contributed by atoms with E-state index in [9.17, 15) is 26.7 Å². The molecule has 0 saturated carbocycles. The quantitative estimate of drug-likeness (QED) is 0.468. The van der Waals surface area contributed by atoms with Crippen molar-refractivity contribution >= 4 is 28.9 Å². The van der Waals surface area contributed by atoms with E-state index in [4.69, 9.17) is 0 Å². The number of hydrogen-bond donors (Lipinski definition) is 0. The number of nitrogens with zero attached hydrogens (tertiary/aromatic N) is 1. The van der Waals surface area contributed by atoms with Crippen LogP contribution in [0.5, 0.6) is 5.75 Å². The number of carbonyl (C=O) groups is 1. The Hall–Kier alpha value is -1.00. The Labute approximate surface area is 105 Å². The molecule has 0 bridgehead atoms. The standard InChI is InChI=1S/C8H3F5INO2/c9-7(10)6-3(2-16)5(14)4(1-15-6)17-8(11,12)13/h1-2,7H. The fourth-order valence-electron chi connectivity index (χ4n) is 0.981. The van der Waals surface area contributed by atoms with Gasteiger partial charge in [-0.2, -0.15) is 0 Å². The van der Waals surface area contributed by atoms with Crippen molar-refractivity contribution < 1.29 is 31.5 Å². The van der Waals surface area contributed by atoms with E-state index >= 15 is 0 Å². The molecule has 0 radical (unpaired) electrons. The number of alkyl halides is 5. The Morgan fingerprint density at radius 1 is 1.41 bits per heavy atom. The first-order chi connectivity index (χ1) is 7.76. The van der Waals surface area contributed by atoms with Crippen LogP contribution in [0.1, 0.15) is 22.5 Å². The number of aldehydes is 1. The van der Waals surface area contributed by atoms with E-state index in [1.807, 2.05) is 0 Å². The summed E-state index contributed by atoms with van der Waals surface area (Å²) in [6.07, 6.45) is -7.51. The fourth-order valence-corrected chi connectivity index (χ4v) is 1.63. The molecule has 0 aliphatic rings. The van der Waals surface area contributed by atoms with Crippen molar-refractivity contribution in [1.29, 1.82) is 0 Å². The van der Waals surface area contributed by atoms with E-state index in [1.54, 1.807) is 0 Å². The summed E-state index contributed by atoms with van der Waals surface area (Å²) >= 11 is 1.31. The lowest BCUT2D eigenvalue weighted by Crippen LogP contribution is -2.19. The minimum Gasteiger partial charge on any atom is -0.403 e. The Morgan fingerprint density at radius 3 is 2.41 bits per heavy atom. The first kappa shape index (κ1) is 14.1. The first-order valence-electron chi connectivity index (χ1n) is 3.93. The molecule has 0 aliphatic carbocycles. The third-order valence-corrected chi connectivity index (χ3v) is 2.71. The van der Waals surface area contributed by atoms with Gasteiger partial charge >= 0.3 is 6.36 Å². The van der Waals surface area contributed by atoms with E-state index in [0.29, 0.717) is 6.20 Å². The maximum Gasteiger partial charge on any atom is 0.573 e. The van der Waals surface area contributed by atoms with Gasteiger partial charge in [0, 0.05) is 0 Å². The Balaban J connectivity index is 3.25. The molecular formula is C8H3F5INO2. The zero-order valence-electron chi connectivity index (χ0n) is 7.76. The van der Waals surface area contributed by atoms with Gasteiger partial charge in [0.2, 0.25) is 0 Å². The number of ether oxygens (including phenoxy) is 1. The Bertz CT molecular complexity index is 435. The van der Waals surface area contributed by atoms with E-state index in [1.165, 1.54) is 22.6 Å². The molecule has 0 aromatic carbocycles. The van der Waals surface area contributed by atoms with Crippen LogP contribution >= 0.6 is 22.6 Å². The van der Waals surface area contributed by atoms with Crippen molar-refractivity contribution in [3.63, 3.8) is 0 Å². The van der Waals surface area contributed by atoms with Gasteiger partial charge in [0.1, 0.15) is 5.69 Å². The third-order valence-electron chi connectivity index (χ3n) is 1.60. The minimum atomic E-state index is -4.98. The first-order valence-corrected chi connectivity index (χ1v) is 5.01. The molecule has 3 nitrogen and oxygen atoms in total. The van der Waals surface area contributed by atoms with Gasteiger partial charge in [-0.3, -0.25) is 9.78 Å². The van der Waals surface area contributed by atoms with Gasteiger partial charge in [0.25, 0.3) is 6.43 Å². The maximum atomic E-state index is 12.4.